The minimum absolute atomic E-state index is 0.0883. The first kappa shape index (κ1) is 17.8. The summed E-state index contributed by atoms with van der Waals surface area (Å²) in [7, 11) is 0. The Morgan fingerprint density at radius 1 is 1.15 bits per heavy atom. The van der Waals surface area contributed by atoms with Gasteiger partial charge in [-0.2, -0.15) is 0 Å². The molecular formula is C23H26N2O2. The van der Waals surface area contributed by atoms with Gasteiger partial charge < -0.3 is 9.64 Å². The summed E-state index contributed by atoms with van der Waals surface area (Å²) in [6, 6.07) is 11.5. The molecular weight excluding hydrogens is 336 g/mol. The monoisotopic (exact) mass is 362 g/mol. The van der Waals surface area contributed by atoms with Gasteiger partial charge in [-0.05, 0) is 55.7 Å². The molecule has 1 fully saturated rings. The summed E-state index contributed by atoms with van der Waals surface area (Å²) in [4.78, 5) is 19.4. The first-order valence-corrected chi connectivity index (χ1v) is 9.81. The van der Waals surface area contributed by atoms with Crippen molar-refractivity contribution in [2.75, 3.05) is 13.1 Å². The molecule has 0 radical (unpaired) electrons. The van der Waals surface area contributed by atoms with E-state index >= 15 is 0 Å². The Morgan fingerprint density at radius 3 is 2.89 bits per heavy atom. The van der Waals surface area contributed by atoms with Gasteiger partial charge in [0.05, 0.1) is 5.56 Å². The van der Waals surface area contributed by atoms with Crippen molar-refractivity contribution >= 4 is 5.91 Å². The zero-order valence-electron chi connectivity index (χ0n) is 15.6. The fourth-order valence-electron chi connectivity index (χ4n) is 4.28. The summed E-state index contributed by atoms with van der Waals surface area (Å²) in [5.41, 5.74) is 1.92. The van der Waals surface area contributed by atoms with Crippen LogP contribution in [0.1, 0.15) is 48.0 Å². The van der Waals surface area contributed by atoms with Crippen LogP contribution in [-0.2, 0) is 6.61 Å². The van der Waals surface area contributed by atoms with Crippen LogP contribution in [0, 0.1) is 5.41 Å². The number of hydrogen-bond acceptors (Lipinski definition) is 3. The fourth-order valence-corrected chi connectivity index (χ4v) is 4.28. The summed E-state index contributed by atoms with van der Waals surface area (Å²) < 4.78 is 5.97. The molecule has 2 aromatic rings. The van der Waals surface area contributed by atoms with E-state index in [2.05, 4.69) is 17.1 Å². The number of carbonyl (C=O) groups excluding carboxylic acids is 1. The fraction of sp³-hybridized carbons (Fsp3) is 0.391. The molecule has 1 aromatic carbocycles. The number of para-hydroxylation sites is 1. The molecule has 1 aliphatic carbocycles. The number of rotatable bonds is 4. The van der Waals surface area contributed by atoms with Gasteiger partial charge in [0.2, 0.25) is 0 Å². The van der Waals surface area contributed by atoms with Gasteiger partial charge in [-0.25, -0.2) is 0 Å². The molecule has 0 N–H and O–H groups in total. The molecule has 2 aliphatic rings. The van der Waals surface area contributed by atoms with Crippen molar-refractivity contribution in [3.8, 4) is 5.75 Å². The third kappa shape index (κ3) is 4.05. The van der Waals surface area contributed by atoms with E-state index in [1.165, 1.54) is 12.8 Å². The van der Waals surface area contributed by atoms with Crippen LogP contribution >= 0.6 is 0 Å². The van der Waals surface area contributed by atoms with Crippen LogP contribution in [0.4, 0.5) is 0 Å². The summed E-state index contributed by atoms with van der Waals surface area (Å²) in [5.74, 6) is 0.736. The molecule has 1 aromatic heterocycles. The number of aromatic nitrogens is 1. The summed E-state index contributed by atoms with van der Waals surface area (Å²) in [6.45, 7) is 2.10. The van der Waals surface area contributed by atoms with Gasteiger partial charge in [0.25, 0.3) is 5.91 Å². The number of benzene rings is 1. The van der Waals surface area contributed by atoms with E-state index in [0.29, 0.717) is 17.9 Å². The van der Waals surface area contributed by atoms with Crippen LogP contribution in [0.15, 0.2) is 60.9 Å². The van der Waals surface area contributed by atoms with Crippen LogP contribution in [0.3, 0.4) is 0 Å². The molecule has 2 heterocycles. The molecule has 140 valence electrons. The molecule has 1 spiro atoms. The summed E-state index contributed by atoms with van der Waals surface area (Å²) >= 11 is 0. The Balaban J connectivity index is 1.49. The minimum atomic E-state index is 0.0883. The lowest BCUT2D eigenvalue weighted by Gasteiger charge is -2.44. The second-order valence-corrected chi connectivity index (χ2v) is 7.69. The zero-order chi connectivity index (χ0) is 18.5. The third-order valence-electron chi connectivity index (χ3n) is 5.74. The van der Waals surface area contributed by atoms with Gasteiger partial charge in [0.15, 0.2) is 0 Å². The van der Waals surface area contributed by atoms with Crippen molar-refractivity contribution in [1.29, 1.82) is 0 Å². The molecule has 27 heavy (non-hydrogen) atoms. The Morgan fingerprint density at radius 2 is 2.07 bits per heavy atom. The smallest absolute Gasteiger partial charge is 0.257 e. The van der Waals surface area contributed by atoms with Crippen molar-refractivity contribution in [2.45, 2.75) is 38.7 Å². The van der Waals surface area contributed by atoms with E-state index in [4.69, 9.17) is 4.74 Å². The number of allylic oxidation sites excluding steroid dienone is 2. The maximum absolute atomic E-state index is 13.3. The standard InChI is InChI=1S/C23H26N2O2/c26-22(25-15-7-13-23(18-25)11-4-1-5-12-23)20-9-2-3-10-21(20)27-17-19-8-6-14-24-16-19/h1-4,6,8-10,14,16H,5,7,11-13,15,17-18H2/t23-/m0/s1. The maximum Gasteiger partial charge on any atom is 0.257 e. The first-order valence-electron chi connectivity index (χ1n) is 9.81. The molecule has 1 amide bonds. The summed E-state index contributed by atoms with van der Waals surface area (Å²) in [6.07, 6.45) is 13.8. The Hall–Kier alpha value is -2.62. The van der Waals surface area contributed by atoms with Crippen molar-refractivity contribution in [1.82, 2.24) is 9.88 Å². The quantitative estimate of drug-likeness (QED) is 0.745. The van der Waals surface area contributed by atoms with Crippen molar-refractivity contribution in [3.05, 3.63) is 72.1 Å². The van der Waals surface area contributed by atoms with E-state index < -0.39 is 0 Å². The predicted molar refractivity (Wildman–Crippen MR) is 106 cm³/mol. The maximum atomic E-state index is 13.3. The zero-order valence-corrected chi connectivity index (χ0v) is 15.6. The molecule has 0 unspecified atom stereocenters. The highest BCUT2D eigenvalue weighted by molar-refractivity contribution is 5.97. The number of amides is 1. The average Bonchev–Trinajstić information content (AvgIpc) is 2.73. The van der Waals surface area contributed by atoms with Gasteiger partial charge in [-0.1, -0.05) is 30.4 Å². The molecule has 1 atom stereocenters. The first-order chi connectivity index (χ1) is 13.3. The van der Waals surface area contributed by atoms with E-state index in [1.807, 2.05) is 41.3 Å². The number of hydrogen-bond donors (Lipinski definition) is 0. The van der Waals surface area contributed by atoms with E-state index in [1.54, 1.807) is 12.4 Å². The average molecular weight is 362 g/mol. The largest absolute Gasteiger partial charge is 0.488 e. The number of carbonyl (C=O) groups is 1. The number of nitrogens with zero attached hydrogens (tertiary/aromatic N) is 2. The van der Waals surface area contributed by atoms with Gasteiger partial charge >= 0.3 is 0 Å². The number of ether oxygens (including phenoxy) is 1. The van der Waals surface area contributed by atoms with Crippen LogP contribution in [0.5, 0.6) is 5.75 Å². The molecule has 1 aliphatic heterocycles. The van der Waals surface area contributed by atoms with Crippen molar-refractivity contribution < 1.29 is 9.53 Å². The number of likely N-dealkylation sites (tertiary alicyclic amines) is 1. The lowest BCUT2D eigenvalue weighted by atomic mass is 9.71. The second kappa shape index (κ2) is 7.95. The van der Waals surface area contributed by atoms with Crippen molar-refractivity contribution in [2.24, 2.45) is 5.41 Å². The normalized spacial score (nSPS) is 22.0. The van der Waals surface area contributed by atoms with Gasteiger partial charge in [-0.3, -0.25) is 9.78 Å². The Labute approximate surface area is 160 Å². The molecule has 4 nitrogen and oxygen atoms in total. The van der Waals surface area contributed by atoms with E-state index in [9.17, 15) is 4.79 Å². The highest BCUT2D eigenvalue weighted by Gasteiger charge is 2.37. The van der Waals surface area contributed by atoms with Gasteiger partial charge in [0, 0.05) is 31.0 Å². The second-order valence-electron chi connectivity index (χ2n) is 7.69. The number of pyridine rings is 1. The Kier molecular flexibility index (Phi) is 5.23. The Bertz CT molecular complexity index is 818. The van der Waals surface area contributed by atoms with Gasteiger partial charge in [-0.15, -0.1) is 0 Å². The lowest BCUT2D eigenvalue weighted by Crippen LogP contribution is -2.46. The lowest BCUT2D eigenvalue weighted by molar-refractivity contribution is 0.0480. The molecule has 4 heteroatoms. The van der Waals surface area contributed by atoms with Crippen LogP contribution in [0.2, 0.25) is 0 Å². The number of piperidine rings is 1. The summed E-state index contributed by atoms with van der Waals surface area (Å²) in [5, 5.41) is 0. The van der Waals surface area contributed by atoms with Crippen molar-refractivity contribution in [3.63, 3.8) is 0 Å². The van der Waals surface area contributed by atoms with E-state index in [-0.39, 0.29) is 11.3 Å². The molecule has 0 saturated carbocycles. The third-order valence-corrected chi connectivity index (χ3v) is 5.74. The minimum Gasteiger partial charge on any atom is -0.488 e. The van der Waals surface area contributed by atoms with Crippen LogP contribution in [-0.4, -0.2) is 28.9 Å². The molecule has 0 bridgehead atoms. The molecule has 1 saturated heterocycles. The van der Waals surface area contributed by atoms with Crippen LogP contribution < -0.4 is 4.74 Å². The predicted octanol–water partition coefficient (Wildman–Crippen LogP) is 4.62. The highest BCUT2D eigenvalue weighted by Crippen LogP contribution is 2.41. The SMILES string of the molecule is O=C(c1ccccc1OCc1cccnc1)N1CCC[C@@]2(CC=CCC2)C1. The highest BCUT2D eigenvalue weighted by atomic mass is 16.5. The molecule has 4 rings (SSSR count). The van der Waals surface area contributed by atoms with E-state index in [0.717, 1.165) is 37.9 Å². The van der Waals surface area contributed by atoms with Crippen LogP contribution in [0.25, 0.3) is 0 Å². The topological polar surface area (TPSA) is 42.4 Å². The van der Waals surface area contributed by atoms with Gasteiger partial charge in [0.1, 0.15) is 12.4 Å².